The van der Waals surface area contributed by atoms with Gasteiger partial charge >= 0.3 is 0 Å². The molecule has 0 N–H and O–H groups in total. The van der Waals surface area contributed by atoms with Gasteiger partial charge in [-0.25, -0.2) is 0 Å². The molecule has 1 nitrogen and oxygen atoms in total. The summed E-state index contributed by atoms with van der Waals surface area (Å²) < 4.78 is 0. The van der Waals surface area contributed by atoms with Crippen molar-refractivity contribution >= 4 is 45.1 Å². The number of rotatable bonds is 2. The van der Waals surface area contributed by atoms with Crippen LogP contribution in [0.1, 0.15) is 41.7 Å². The Kier molecular flexibility index (Phi) is 5.74. The Labute approximate surface area is 271 Å². The van der Waals surface area contributed by atoms with E-state index in [-0.39, 0.29) is 5.41 Å². The number of aryl methyl sites for hydroxylation is 1. The van der Waals surface area contributed by atoms with Crippen LogP contribution in [0.5, 0.6) is 0 Å². The largest absolute Gasteiger partial charge is 0.344 e. The molecule has 7 aromatic carbocycles. The van der Waals surface area contributed by atoms with Gasteiger partial charge in [0.05, 0.1) is 0 Å². The molecule has 0 bridgehead atoms. The Hall–Kier alpha value is -5.40. The van der Waals surface area contributed by atoms with Gasteiger partial charge in [-0.3, -0.25) is 0 Å². The molecule has 1 aliphatic carbocycles. The Morgan fingerprint density at radius 1 is 0.478 bits per heavy atom. The summed E-state index contributed by atoms with van der Waals surface area (Å²) in [5.74, 6) is 0. The smallest absolute Gasteiger partial charge is 0.0488 e. The van der Waals surface area contributed by atoms with E-state index in [4.69, 9.17) is 0 Å². The van der Waals surface area contributed by atoms with Crippen molar-refractivity contribution in [2.24, 2.45) is 0 Å². The van der Waals surface area contributed by atoms with Crippen LogP contribution < -0.4 is 4.90 Å². The summed E-state index contributed by atoms with van der Waals surface area (Å²) in [4.78, 5) is 2.33. The molecule has 1 aliphatic heterocycles. The van der Waals surface area contributed by atoms with E-state index in [9.17, 15) is 0 Å². The Bertz CT molecular complexity index is 2420. The first-order valence-corrected chi connectivity index (χ1v) is 16.3. The molecule has 0 atom stereocenters. The molecule has 0 saturated carbocycles. The van der Waals surface area contributed by atoms with Gasteiger partial charge < -0.3 is 4.90 Å². The number of para-hydroxylation sites is 1. The van der Waals surface area contributed by atoms with Crippen molar-refractivity contribution < 1.29 is 0 Å². The molecule has 0 unspecified atom stereocenters. The molecular formula is C45H35N. The second-order valence-electron chi connectivity index (χ2n) is 13.5. The fourth-order valence-electron chi connectivity index (χ4n) is 8.15. The molecule has 7 aromatic rings. The van der Waals surface area contributed by atoms with E-state index in [0.717, 1.165) is 0 Å². The third kappa shape index (κ3) is 3.82. The van der Waals surface area contributed by atoms with E-state index < -0.39 is 0 Å². The number of fused-ring (bicyclic) bond motifs is 7. The Balaban J connectivity index is 1.31. The second kappa shape index (κ2) is 9.80. The monoisotopic (exact) mass is 589 g/mol. The quantitative estimate of drug-likeness (QED) is 0.181. The summed E-state index contributed by atoms with van der Waals surface area (Å²) in [5, 5.41) is 5.16. The summed E-state index contributed by atoms with van der Waals surface area (Å²) in [7, 11) is 2.19. The highest BCUT2D eigenvalue weighted by molar-refractivity contribution is 6.21. The zero-order valence-electron chi connectivity index (χ0n) is 26.7. The lowest BCUT2D eigenvalue weighted by atomic mass is 9.80. The van der Waals surface area contributed by atoms with Gasteiger partial charge in [-0.2, -0.15) is 0 Å². The van der Waals surface area contributed by atoms with Crippen molar-refractivity contribution in [1.82, 2.24) is 0 Å². The standard InChI is InChI=1S/C45H35N/c1-28-17-23-37-38(25-28)44(31-22-24-34-33-12-8-9-15-39(33)45(2,3)40(34)26-31)36-14-7-6-13-35(36)43(37)32-21-20-30-19-18-29-11-5-10-16-41(29)46(4)42(30)27-32/h5-27H,1-4H3. The third-order valence-electron chi connectivity index (χ3n) is 10.5. The van der Waals surface area contributed by atoms with Gasteiger partial charge in [0.2, 0.25) is 0 Å². The van der Waals surface area contributed by atoms with Crippen molar-refractivity contribution in [2.45, 2.75) is 26.2 Å². The van der Waals surface area contributed by atoms with Crippen molar-refractivity contribution in [2.75, 3.05) is 11.9 Å². The fraction of sp³-hybridized carbons (Fsp3) is 0.111. The minimum Gasteiger partial charge on any atom is -0.344 e. The highest BCUT2D eigenvalue weighted by atomic mass is 15.1. The normalized spacial score (nSPS) is 14.1. The lowest BCUT2D eigenvalue weighted by molar-refractivity contribution is 0.660. The SMILES string of the molecule is Cc1ccc2c(-c3ccc4c(c3)N(C)c3ccccc3C=C4)c3ccccc3c(-c3ccc4c(c3)C(C)(C)c3ccccc3-4)c2c1. The predicted molar refractivity (Wildman–Crippen MR) is 198 cm³/mol. The average molecular weight is 590 g/mol. The number of nitrogens with zero attached hydrogens (tertiary/aromatic N) is 1. The minimum atomic E-state index is -0.0513. The molecule has 46 heavy (non-hydrogen) atoms. The first kappa shape index (κ1) is 27.0. The number of hydrogen-bond donors (Lipinski definition) is 0. The van der Waals surface area contributed by atoms with Gasteiger partial charge in [0.1, 0.15) is 0 Å². The molecule has 0 amide bonds. The van der Waals surface area contributed by atoms with E-state index in [1.807, 2.05) is 0 Å². The van der Waals surface area contributed by atoms with Crippen LogP contribution in [0, 0.1) is 6.92 Å². The van der Waals surface area contributed by atoms with Crippen LogP contribution in [0.15, 0.2) is 127 Å². The van der Waals surface area contributed by atoms with E-state index in [1.165, 1.54) is 94.1 Å². The highest BCUT2D eigenvalue weighted by Crippen LogP contribution is 2.51. The van der Waals surface area contributed by atoms with Crippen molar-refractivity contribution in [3.63, 3.8) is 0 Å². The summed E-state index contributed by atoms with van der Waals surface area (Å²) >= 11 is 0. The zero-order valence-corrected chi connectivity index (χ0v) is 26.7. The summed E-state index contributed by atoms with van der Waals surface area (Å²) in [5.41, 5.74) is 16.8. The van der Waals surface area contributed by atoms with Crippen LogP contribution in [0.25, 0.3) is 67.1 Å². The molecule has 1 heteroatoms. The molecule has 2 aliphatic rings. The fourth-order valence-corrected chi connectivity index (χ4v) is 8.15. The van der Waals surface area contributed by atoms with Gasteiger partial charge in [0.15, 0.2) is 0 Å². The van der Waals surface area contributed by atoms with Crippen LogP contribution in [0.2, 0.25) is 0 Å². The number of benzene rings is 7. The summed E-state index contributed by atoms with van der Waals surface area (Å²) in [6.07, 6.45) is 4.48. The molecule has 0 aromatic heterocycles. The van der Waals surface area contributed by atoms with Crippen LogP contribution in [0.4, 0.5) is 11.4 Å². The van der Waals surface area contributed by atoms with Crippen molar-refractivity contribution in [1.29, 1.82) is 0 Å². The average Bonchev–Trinajstić information content (AvgIpc) is 3.21. The molecule has 0 radical (unpaired) electrons. The maximum Gasteiger partial charge on any atom is 0.0488 e. The molecule has 220 valence electrons. The topological polar surface area (TPSA) is 3.24 Å². The maximum atomic E-state index is 2.47. The lowest BCUT2D eigenvalue weighted by Crippen LogP contribution is -2.14. The van der Waals surface area contributed by atoms with Gasteiger partial charge in [-0.15, -0.1) is 0 Å². The van der Waals surface area contributed by atoms with Crippen molar-refractivity contribution in [3.8, 4) is 33.4 Å². The molecular weight excluding hydrogens is 555 g/mol. The van der Waals surface area contributed by atoms with Crippen LogP contribution in [-0.2, 0) is 5.41 Å². The van der Waals surface area contributed by atoms with E-state index in [1.54, 1.807) is 0 Å². The predicted octanol–water partition coefficient (Wildman–Crippen LogP) is 12.2. The highest BCUT2D eigenvalue weighted by Gasteiger charge is 2.35. The summed E-state index contributed by atoms with van der Waals surface area (Å²) in [6, 6.07) is 47.7. The van der Waals surface area contributed by atoms with Crippen LogP contribution >= 0.6 is 0 Å². The third-order valence-corrected chi connectivity index (χ3v) is 10.5. The van der Waals surface area contributed by atoms with E-state index in [2.05, 4.69) is 172 Å². The first-order valence-electron chi connectivity index (χ1n) is 16.3. The van der Waals surface area contributed by atoms with Gasteiger partial charge in [0, 0.05) is 23.8 Å². The number of hydrogen-bond acceptors (Lipinski definition) is 1. The minimum absolute atomic E-state index is 0.0513. The van der Waals surface area contributed by atoms with E-state index >= 15 is 0 Å². The Morgan fingerprint density at radius 2 is 1.09 bits per heavy atom. The molecule has 9 rings (SSSR count). The number of anilines is 2. The molecule has 0 fully saturated rings. The van der Waals surface area contributed by atoms with Crippen LogP contribution in [0.3, 0.4) is 0 Å². The first-order chi connectivity index (χ1) is 22.4. The van der Waals surface area contributed by atoms with Gasteiger partial charge in [-0.05, 0) is 102 Å². The summed E-state index contributed by atoms with van der Waals surface area (Å²) in [6.45, 7) is 6.95. The van der Waals surface area contributed by atoms with Crippen molar-refractivity contribution in [3.05, 3.63) is 155 Å². The van der Waals surface area contributed by atoms with Gasteiger partial charge in [0.25, 0.3) is 0 Å². The molecule has 0 saturated heterocycles. The molecule has 0 spiro atoms. The van der Waals surface area contributed by atoms with E-state index in [0.29, 0.717) is 0 Å². The lowest BCUT2D eigenvalue weighted by Gasteiger charge is -2.24. The maximum absolute atomic E-state index is 2.47. The van der Waals surface area contributed by atoms with Gasteiger partial charge in [-0.1, -0.05) is 141 Å². The Morgan fingerprint density at radius 3 is 1.91 bits per heavy atom. The second-order valence-corrected chi connectivity index (χ2v) is 13.5. The zero-order chi connectivity index (χ0) is 31.2. The van der Waals surface area contributed by atoms with Crippen LogP contribution in [-0.4, -0.2) is 7.05 Å². The molecule has 1 heterocycles.